The van der Waals surface area contributed by atoms with E-state index in [1.165, 1.54) is 13.4 Å². The second-order valence-corrected chi connectivity index (χ2v) is 11.2. The Hall–Kier alpha value is -4.86. The van der Waals surface area contributed by atoms with Gasteiger partial charge < -0.3 is 47.9 Å². The van der Waals surface area contributed by atoms with E-state index >= 15 is 0 Å². The number of hydrogen-bond donors (Lipinski definition) is 1. The SMILES string of the molecule is CCOC(=O)C1(C(=O)OCC)C[C@H](/C(C)=C/O[C@@H]2O[C@H](COC(C)=O)[C@@H](OC(C)=O)[C@H](OC(C)=O)[C@H]2OC(C)=O)c2cc(OC)ccc2N1. The third kappa shape index (κ3) is 9.40. The second-order valence-electron chi connectivity index (χ2n) is 11.2. The van der Waals surface area contributed by atoms with Gasteiger partial charge in [0.1, 0.15) is 18.5 Å². The summed E-state index contributed by atoms with van der Waals surface area (Å²) in [5.74, 6) is -4.91. The van der Waals surface area contributed by atoms with Crippen molar-refractivity contribution < 1.29 is 71.4 Å². The van der Waals surface area contributed by atoms with E-state index in [0.29, 0.717) is 22.6 Å². The van der Waals surface area contributed by atoms with Crippen molar-refractivity contribution >= 4 is 41.5 Å². The molecule has 270 valence electrons. The molecule has 16 nitrogen and oxygen atoms in total. The van der Waals surface area contributed by atoms with Crippen LogP contribution in [0.4, 0.5) is 5.69 Å². The molecule has 0 radical (unpaired) electrons. The fourth-order valence-corrected chi connectivity index (χ4v) is 5.59. The van der Waals surface area contributed by atoms with Crippen LogP contribution in [0.15, 0.2) is 30.0 Å². The van der Waals surface area contributed by atoms with Crippen LogP contribution in [0.3, 0.4) is 0 Å². The molecule has 6 atom stereocenters. The molecule has 1 saturated heterocycles. The van der Waals surface area contributed by atoms with Crippen LogP contribution in [0, 0.1) is 0 Å². The number of carbonyl (C=O) groups excluding carboxylic acids is 6. The molecule has 1 aromatic rings. The van der Waals surface area contributed by atoms with Crippen LogP contribution < -0.4 is 10.1 Å². The Morgan fingerprint density at radius 2 is 1.39 bits per heavy atom. The minimum absolute atomic E-state index is 0.00262. The Balaban J connectivity index is 2.11. The van der Waals surface area contributed by atoms with Crippen molar-refractivity contribution in [3.8, 4) is 5.75 Å². The lowest BCUT2D eigenvalue weighted by Crippen LogP contribution is -2.62. The third-order valence-corrected chi connectivity index (χ3v) is 7.63. The molecule has 0 unspecified atom stereocenters. The van der Waals surface area contributed by atoms with E-state index in [4.69, 9.17) is 42.6 Å². The summed E-state index contributed by atoms with van der Waals surface area (Å²) < 4.78 is 49.6. The highest BCUT2D eigenvalue weighted by atomic mass is 16.7. The molecule has 2 aliphatic heterocycles. The van der Waals surface area contributed by atoms with Crippen molar-refractivity contribution in [2.45, 2.75) is 97.0 Å². The number of methoxy groups -OCH3 is 1. The number of nitrogens with one attached hydrogen (secondary N) is 1. The fourth-order valence-electron chi connectivity index (χ4n) is 5.59. The van der Waals surface area contributed by atoms with E-state index in [0.717, 1.165) is 27.7 Å². The average molecular weight is 694 g/mol. The predicted molar refractivity (Wildman–Crippen MR) is 167 cm³/mol. The quantitative estimate of drug-likeness (QED) is 0.137. The lowest BCUT2D eigenvalue weighted by molar-refractivity contribution is -0.297. The number of allylic oxidation sites excluding steroid dienone is 1. The van der Waals surface area contributed by atoms with Gasteiger partial charge in [-0.25, -0.2) is 9.59 Å². The minimum Gasteiger partial charge on any atom is -0.497 e. The summed E-state index contributed by atoms with van der Waals surface area (Å²) in [6.07, 6.45) is -5.89. The minimum atomic E-state index is -1.93. The third-order valence-electron chi connectivity index (χ3n) is 7.63. The van der Waals surface area contributed by atoms with Gasteiger partial charge in [0.15, 0.2) is 12.2 Å². The number of rotatable bonds is 13. The van der Waals surface area contributed by atoms with Crippen molar-refractivity contribution in [2.24, 2.45) is 0 Å². The van der Waals surface area contributed by atoms with Crippen molar-refractivity contribution in [3.63, 3.8) is 0 Å². The normalized spacial score (nSPS) is 24.1. The molecule has 2 aliphatic rings. The fraction of sp³-hybridized carbons (Fsp3) is 0.576. The predicted octanol–water partition coefficient (Wildman–Crippen LogP) is 2.46. The molecule has 49 heavy (non-hydrogen) atoms. The number of carbonyl (C=O) groups is 6. The highest BCUT2D eigenvalue weighted by molar-refractivity contribution is 6.08. The summed E-state index contributed by atoms with van der Waals surface area (Å²) in [6.45, 7) is 8.95. The Labute approximate surface area is 283 Å². The van der Waals surface area contributed by atoms with Gasteiger partial charge in [-0.05, 0) is 50.1 Å². The molecular formula is C33H43NO15. The first-order chi connectivity index (χ1) is 23.2. The molecule has 0 aliphatic carbocycles. The summed E-state index contributed by atoms with van der Waals surface area (Å²) in [4.78, 5) is 75.0. The molecule has 1 N–H and O–H groups in total. The maximum absolute atomic E-state index is 13.4. The van der Waals surface area contributed by atoms with Gasteiger partial charge in [-0.3, -0.25) is 19.2 Å². The molecule has 1 aromatic carbocycles. The van der Waals surface area contributed by atoms with Gasteiger partial charge in [-0.2, -0.15) is 0 Å². The van der Waals surface area contributed by atoms with Crippen molar-refractivity contribution in [1.29, 1.82) is 0 Å². The Kier molecular flexibility index (Phi) is 13.4. The maximum atomic E-state index is 13.4. The molecular weight excluding hydrogens is 650 g/mol. The first-order valence-electron chi connectivity index (χ1n) is 15.6. The zero-order valence-electron chi connectivity index (χ0n) is 28.7. The highest BCUT2D eigenvalue weighted by Gasteiger charge is 2.55. The first kappa shape index (κ1) is 38.6. The van der Waals surface area contributed by atoms with Gasteiger partial charge in [-0.15, -0.1) is 0 Å². The van der Waals surface area contributed by atoms with Crippen LogP contribution >= 0.6 is 0 Å². The van der Waals surface area contributed by atoms with E-state index in [9.17, 15) is 28.8 Å². The van der Waals surface area contributed by atoms with E-state index in [2.05, 4.69) is 5.32 Å². The van der Waals surface area contributed by atoms with Gasteiger partial charge in [0.2, 0.25) is 17.9 Å². The molecule has 3 rings (SSSR count). The van der Waals surface area contributed by atoms with E-state index in [-0.39, 0.29) is 19.6 Å². The van der Waals surface area contributed by atoms with Crippen LogP contribution in [0.2, 0.25) is 0 Å². The Morgan fingerprint density at radius 1 is 0.816 bits per heavy atom. The van der Waals surface area contributed by atoms with Crippen LogP contribution in [-0.2, 0) is 66.7 Å². The van der Waals surface area contributed by atoms with Crippen LogP contribution in [0.5, 0.6) is 5.75 Å². The average Bonchev–Trinajstić information content (AvgIpc) is 3.03. The molecule has 1 fully saturated rings. The monoisotopic (exact) mass is 693 g/mol. The standard InChI is InChI=1S/C33H43NO15/c1-9-42-31(39)33(32(40)43-10-2)14-24(23-13-22(41-8)11-12-25(23)34-33)17(3)15-45-30-29(48-21(7)38)28(47-20(6)37)27(46-19(5)36)26(49-30)16-44-18(4)35/h11-13,15,24,26-30,34H,9-10,14,16H2,1-8H3/b17-15+/t24-,26-,27-,28+,29-,30-/m1/s1. The van der Waals surface area contributed by atoms with Crippen molar-refractivity contribution in [1.82, 2.24) is 0 Å². The topological polar surface area (TPSA) is 198 Å². The van der Waals surface area contributed by atoms with Gasteiger partial charge in [0.25, 0.3) is 0 Å². The van der Waals surface area contributed by atoms with Crippen LogP contribution in [0.25, 0.3) is 0 Å². The number of benzene rings is 1. The molecule has 2 heterocycles. The van der Waals surface area contributed by atoms with Gasteiger partial charge >= 0.3 is 35.8 Å². The molecule has 0 bridgehead atoms. The lowest BCUT2D eigenvalue weighted by Gasteiger charge is -2.43. The maximum Gasteiger partial charge on any atom is 0.343 e. The van der Waals surface area contributed by atoms with Crippen molar-refractivity contribution in [3.05, 3.63) is 35.6 Å². The van der Waals surface area contributed by atoms with Crippen LogP contribution in [-0.4, -0.2) is 99.0 Å². The van der Waals surface area contributed by atoms with Gasteiger partial charge in [0.05, 0.1) is 26.6 Å². The second kappa shape index (κ2) is 17.0. The van der Waals surface area contributed by atoms with E-state index < -0.39 is 84.6 Å². The number of hydrogen-bond acceptors (Lipinski definition) is 16. The summed E-state index contributed by atoms with van der Waals surface area (Å²) >= 11 is 0. The van der Waals surface area contributed by atoms with Crippen LogP contribution in [0.1, 0.15) is 66.4 Å². The van der Waals surface area contributed by atoms with E-state index in [1.807, 2.05) is 0 Å². The zero-order valence-corrected chi connectivity index (χ0v) is 28.7. The highest BCUT2D eigenvalue weighted by Crippen LogP contribution is 2.45. The number of ether oxygens (including phenoxy) is 9. The zero-order chi connectivity index (χ0) is 36.5. The Bertz CT molecular complexity index is 1420. The number of fused-ring (bicyclic) bond motifs is 1. The van der Waals surface area contributed by atoms with Crippen molar-refractivity contribution in [2.75, 3.05) is 32.2 Å². The van der Waals surface area contributed by atoms with Gasteiger partial charge in [-0.1, -0.05) is 0 Å². The Morgan fingerprint density at radius 3 is 1.92 bits per heavy atom. The largest absolute Gasteiger partial charge is 0.497 e. The summed E-state index contributed by atoms with van der Waals surface area (Å²) in [6, 6.07) is 5.04. The summed E-state index contributed by atoms with van der Waals surface area (Å²) in [5, 5.41) is 3.04. The lowest BCUT2D eigenvalue weighted by atomic mass is 9.75. The molecule has 16 heteroatoms. The summed E-state index contributed by atoms with van der Waals surface area (Å²) in [7, 11) is 1.49. The molecule has 0 amide bonds. The smallest absolute Gasteiger partial charge is 0.343 e. The first-order valence-corrected chi connectivity index (χ1v) is 15.6. The molecule has 0 aromatic heterocycles. The summed E-state index contributed by atoms with van der Waals surface area (Å²) in [5.41, 5.74) is -0.399. The number of anilines is 1. The number of esters is 6. The van der Waals surface area contributed by atoms with Gasteiger partial charge in [0, 0.05) is 45.7 Å². The molecule has 0 spiro atoms. The molecule has 0 saturated carbocycles. The van der Waals surface area contributed by atoms with E-state index in [1.54, 1.807) is 39.0 Å².